The molecular formula is C18H19N3OS. The third-order valence-electron chi connectivity index (χ3n) is 4.26. The van der Waals surface area contributed by atoms with Crippen molar-refractivity contribution in [2.24, 2.45) is 0 Å². The zero-order valence-electron chi connectivity index (χ0n) is 13.3. The topological polar surface area (TPSA) is 47.0 Å². The van der Waals surface area contributed by atoms with Crippen molar-refractivity contribution in [3.8, 4) is 5.75 Å². The number of hydrogen-bond donors (Lipinski definition) is 1. The molecule has 0 aliphatic heterocycles. The third kappa shape index (κ3) is 2.55. The zero-order valence-corrected chi connectivity index (χ0v) is 14.2. The maximum absolute atomic E-state index is 5.31. The van der Waals surface area contributed by atoms with Crippen molar-refractivity contribution in [1.82, 2.24) is 9.97 Å². The molecule has 4 nitrogen and oxygen atoms in total. The van der Waals surface area contributed by atoms with E-state index in [4.69, 9.17) is 14.7 Å². The van der Waals surface area contributed by atoms with Crippen LogP contribution in [0.25, 0.3) is 10.2 Å². The summed E-state index contributed by atoms with van der Waals surface area (Å²) in [6.07, 6.45) is 4.39. The second-order valence-electron chi connectivity index (χ2n) is 5.74. The van der Waals surface area contributed by atoms with Crippen LogP contribution in [-0.4, -0.2) is 17.1 Å². The van der Waals surface area contributed by atoms with Gasteiger partial charge in [-0.2, -0.15) is 0 Å². The van der Waals surface area contributed by atoms with Crippen LogP contribution >= 0.6 is 11.3 Å². The number of aromatic nitrogens is 2. The molecule has 2 aromatic heterocycles. The van der Waals surface area contributed by atoms with Gasteiger partial charge in [0.1, 0.15) is 22.2 Å². The molecule has 0 saturated heterocycles. The molecule has 118 valence electrons. The van der Waals surface area contributed by atoms with Gasteiger partial charge in [-0.1, -0.05) is 13.0 Å². The first-order valence-corrected chi connectivity index (χ1v) is 8.82. The predicted molar refractivity (Wildman–Crippen MR) is 95.1 cm³/mol. The van der Waals surface area contributed by atoms with Gasteiger partial charge in [-0.05, 0) is 37.0 Å². The number of nitrogens with one attached hydrogen (secondary N) is 1. The molecule has 1 N–H and O–H groups in total. The second-order valence-corrected chi connectivity index (χ2v) is 6.82. The lowest BCUT2D eigenvalue weighted by molar-refractivity contribution is 0.415. The number of ether oxygens (including phenoxy) is 1. The number of hydrogen-bond acceptors (Lipinski definition) is 5. The summed E-state index contributed by atoms with van der Waals surface area (Å²) in [5.74, 6) is 2.66. The van der Waals surface area contributed by atoms with Gasteiger partial charge >= 0.3 is 0 Å². The Bertz CT molecular complexity index is 872. The number of rotatable bonds is 4. The molecule has 0 bridgehead atoms. The normalized spacial score (nSPS) is 13.3. The van der Waals surface area contributed by atoms with E-state index in [0.29, 0.717) is 0 Å². The summed E-state index contributed by atoms with van der Waals surface area (Å²) in [6.45, 7) is 2.10. The molecule has 0 spiro atoms. The van der Waals surface area contributed by atoms with Gasteiger partial charge in [0.2, 0.25) is 0 Å². The number of aryl methyl sites for hydroxylation is 3. The fourth-order valence-electron chi connectivity index (χ4n) is 3.13. The first-order chi connectivity index (χ1) is 11.3. The van der Waals surface area contributed by atoms with Crippen LogP contribution in [0.2, 0.25) is 0 Å². The number of anilines is 2. The Hall–Kier alpha value is -2.14. The van der Waals surface area contributed by atoms with Crippen LogP contribution in [0.5, 0.6) is 5.75 Å². The van der Waals surface area contributed by atoms with Crippen molar-refractivity contribution in [3.05, 3.63) is 40.5 Å². The first kappa shape index (κ1) is 14.5. The van der Waals surface area contributed by atoms with Crippen LogP contribution in [-0.2, 0) is 19.3 Å². The molecule has 0 atom stereocenters. The summed E-state index contributed by atoms with van der Waals surface area (Å²) in [4.78, 5) is 12.1. The Morgan fingerprint density at radius 1 is 1.26 bits per heavy atom. The second kappa shape index (κ2) is 5.81. The van der Waals surface area contributed by atoms with Gasteiger partial charge in [0.25, 0.3) is 0 Å². The summed E-state index contributed by atoms with van der Waals surface area (Å²) in [7, 11) is 1.68. The van der Waals surface area contributed by atoms with Gasteiger partial charge in [0.15, 0.2) is 0 Å². The van der Waals surface area contributed by atoms with E-state index in [1.165, 1.54) is 28.7 Å². The van der Waals surface area contributed by atoms with E-state index in [1.54, 1.807) is 7.11 Å². The number of benzene rings is 1. The molecular weight excluding hydrogens is 306 g/mol. The van der Waals surface area contributed by atoms with Crippen molar-refractivity contribution in [2.45, 2.75) is 32.6 Å². The van der Waals surface area contributed by atoms with E-state index < -0.39 is 0 Å². The van der Waals surface area contributed by atoms with E-state index in [1.807, 2.05) is 35.6 Å². The van der Waals surface area contributed by atoms with E-state index in [-0.39, 0.29) is 0 Å². The van der Waals surface area contributed by atoms with Gasteiger partial charge < -0.3 is 10.1 Å². The lowest BCUT2D eigenvalue weighted by Crippen LogP contribution is -2.01. The average molecular weight is 325 g/mol. The summed E-state index contributed by atoms with van der Waals surface area (Å²) in [5.41, 5.74) is 2.43. The number of nitrogens with zero attached hydrogens (tertiary/aromatic N) is 2. The van der Waals surface area contributed by atoms with Gasteiger partial charge in [0, 0.05) is 23.1 Å². The van der Waals surface area contributed by atoms with Gasteiger partial charge in [-0.15, -0.1) is 11.3 Å². The molecule has 3 aromatic rings. The average Bonchev–Trinajstić information content (AvgIpc) is 3.15. The van der Waals surface area contributed by atoms with E-state index in [9.17, 15) is 0 Å². The van der Waals surface area contributed by atoms with Crippen LogP contribution < -0.4 is 10.1 Å². The van der Waals surface area contributed by atoms with E-state index in [2.05, 4.69) is 12.2 Å². The molecule has 5 heteroatoms. The Balaban J connectivity index is 1.84. The number of thiophene rings is 1. The lowest BCUT2D eigenvalue weighted by atomic mass is 10.2. The zero-order chi connectivity index (χ0) is 15.8. The van der Waals surface area contributed by atoms with Crippen LogP contribution in [0.15, 0.2) is 24.3 Å². The molecule has 0 unspecified atom stereocenters. The maximum Gasteiger partial charge on any atom is 0.143 e. The van der Waals surface area contributed by atoms with Crippen molar-refractivity contribution in [3.63, 3.8) is 0 Å². The van der Waals surface area contributed by atoms with Crippen molar-refractivity contribution >= 4 is 33.1 Å². The lowest BCUT2D eigenvalue weighted by Gasteiger charge is -2.10. The van der Waals surface area contributed by atoms with Crippen molar-refractivity contribution < 1.29 is 4.74 Å². The predicted octanol–water partition coefficient (Wildman–Crippen LogP) is 4.49. The molecule has 4 rings (SSSR count). The molecule has 0 fully saturated rings. The summed E-state index contributed by atoms with van der Waals surface area (Å²) in [5, 5.41) is 4.70. The van der Waals surface area contributed by atoms with Crippen LogP contribution in [0.3, 0.4) is 0 Å². The molecule has 1 aromatic carbocycles. The SMILES string of the molecule is CCc1nc(Nc2cccc(OC)c2)c2c3c(sc2n1)CCC3. The summed E-state index contributed by atoms with van der Waals surface area (Å²) < 4.78 is 5.31. The minimum atomic E-state index is 0.839. The van der Waals surface area contributed by atoms with Gasteiger partial charge in [-0.3, -0.25) is 0 Å². The van der Waals surface area contributed by atoms with Gasteiger partial charge in [0.05, 0.1) is 12.5 Å². The smallest absolute Gasteiger partial charge is 0.143 e. The Morgan fingerprint density at radius 3 is 3.00 bits per heavy atom. The highest BCUT2D eigenvalue weighted by molar-refractivity contribution is 7.19. The largest absolute Gasteiger partial charge is 0.497 e. The minimum absolute atomic E-state index is 0.839. The Kier molecular flexibility index (Phi) is 3.65. The first-order valence-electron chi connectivity index (χ1n) is 8.00. The molecule has 2 heterocycles. The number of fused-ring (bicyclic) bond motifs is 3. The van der Waals surface area contributed by atoms with E-state index >= 15 is 0 Å². The standard InChI is InChI=1S/C18H19N3OS/c1-3-15-20-17(19-11-6-4-7-12(10-11)22-2)16-13-8-5-9-14(13)23-18(16)21-15/h4,6-7,10H,3,5,8-9H2,1-2H3,(H,19,20,21). The van der Waals surface area contributed by atoms with Crippen molar-refractivity contribution in [2.75, 3.05) is 12.4 Å². The molecule has 1 aliphatic rings. The highest BCUT2D eigenvalue weighted by atomic mass is 32.1. The molecule has 0 radical (unpaired) electrons. The molecule has 0 amide bonds. The maximum atomic E-state index is 5.31. The quantitative estimate of drug-likeness (QED) is 0.767. The third-order valence-corrected chi connectivity index (χ3v) is 5.45. The summed E-state index contributed by atoms with van der Waals surface area (Å²) >= 11 is 1.83. The fourth-order valence-corrected chi connectivity index (χ4v) is 4.41. The monoisotopic (exact) mass is 325 g/mol. The Morgan fingerprint density at radius 2 is 2.17 bits per heavy atom. The Labute approximate surface area is 139 Å². The summed E-state index contributed by atoms with van der Waals surface area (Å²) in [6, 6.07) is 7.96. The van der Waals surface area contributed by atoms with Crippen LogP contribution in [0, 0.1) is 0 Å². The van der Waals surface area contributed by atoms with Crippen LogP contribution in [0.1, 0.15) is 29.6 Å². The van der Waals surface area contributed by atoms with Gasteiger partial charge in [-0.25, -0.2) is 9.97 Å². The van der Waals surface area contributed by atoms with E-state index in [0.717, 1.165) is 40.8 Å². The fraction of sp³-hybridized carbons (Fsp3) is 0.333. The number of methoxy groups -OCH3 is 1. The van der Waals surface area contributed by atoms with Crippen molar-refractivity contribution in [1.29, 1.82) is 0 Å². The molecule has 1 aliphatic carbocycles. The minimum Gasteiger partial charge on any atom is -0.497 e. The van der Waals surface area contributed by atoms with Crippen LogP contribution in [0.4, 0.5) is 11.5 Å². The highest BCUT2D eigenvalue weighted by Crippen LogP contribution is 2.40. The molecule has 0 saturated carbocycles. The molecule has 23 heavy (non-hydrogen) atoms. The highest BCUT2D eigenvalue weighted by Gasteiger charge is 2.22.